The van der Waals surface area contributed by atoms with E-state index in [1.807, 2.05) is 0 Å². The van der Waals surface area contributed by atoms with Crippen LogP contribution in [0.3, 0.4) is 0 Å². The van der Waals surface area contributed by atoms with E-state index in [4.69, 9.17) is 0 Å². The van der Waals surface area contributed by atoms with Gasteiger partial charge >= 0.3 is 0 Å². The molecule has 2 aliphatic rings. The van der Waals surface area contributed by atoms with Crippen molar-refractivity contribution in [3.05, 3.63) is 35.9 Å². The van der Waals surface area contributed by atoms with Gasteiger partial charge in [-0.25, -0.2) is 0 Å². The third kappa shape index (κ3) is 2.12. The first-order valence-electron chi connectivity index (χ1n) is 7.80. The van der Waals surface area contributed by atoms with Gasteiger partial charge in [0.2, 0.25) is 0 Å². The standard InChI is InChI=1S/C18H26O/c1-14-8-11-18(19)13-16(9-10-17(14,18)2)12-15-6-4-3-5-7-15/h3-7,14,16,19H,8-13H2,1-2H3. The molecule has 0 heterocycles. The first-order chi connectivity index (χ1) is 9.03. The molecule has 19 heavy (non-hydrogen) atoms. The Morgan fingerprint density at radius 3 is 2.63 bits per heavy atom. The molecule has 1 nitrogen and oxygen atoms in total. The molecule has 0 amide bonds. The van der Waals surface area contributed by atoms with Crippen LogP contribution < -0.4 is 0 Å². The highest BCUT2D eigenvalue weighted by Crippen LogP contribution is 2.59. The van der Waals surface area contributed by atoms with Gasteiger partial charge in [-0.2, -0.15) is 0 Å². The molecule has 2 aliphatic carbocycles. The van der Waals surface area contributed by atoms with Crippen molar-refractivity contribution in [2.45, 2.75) is 58.0 Å². The highest BCUT2D eigenvalue weighted by Gasteiger charge is 2.57. The van der Waals surface area contributed by atoms with Gasteiger partial charge in [0.1, 0.15) is 0 Å². The van der Waals surface area contributed by atoms with Crippen molar-refractivity contribution < 1.29 is 5.11 Å². The number of fused-ring (bicyclic) bond motifs is 1. The van der Waals surface area contributed by atoms with E-state index in [2.05, 4.69) is 44.2 Å². The summed E-state index contributed by atoms with van der Waals surface area (Å²) in [5, 5.41) is 11.1. The number of hydrogen-bond donors (Lipinski definition) is 1. The molecular formula is C18H26O. The minimum absolute atomic E-state index is 0.167. The predicted molar refractivity (Wildman–Crippen MR) is 78.9 cm³/mol. The molecule has 1 heteroatoms. The maximum atomic E-state index is 11.1. The van der Waals surface area contributed by atoms with E-state index in [1.54, 1.807) is 0 Å². The van der Waals surface area contributed by atoms with Gasteiger partial charge in [-0.05, 0) is 61.3 Å². The fourth-order valence-electron chi connectivity index (χ4n) is 4.54. The Morgan fingerprint density at radius 2 is 1.89 bits per heavy atom. The third-order valence-electron chi connectivity index (χ3n) is 6.21. The van der Waals surface area contributed by atoms with Crippen molar-refractivity contribution >= 4 is 0 Å². The van der Waals surface area contributed by atoms with Crippen LogP contribution in [0.4, 0.5) is 0 Å². The predicted octanol–water partition coefficient (Wildman–Crippen LogP) is 4.20. The van der Waals surface area contributed by atoms with Gasteiger partial charge < -0.3 is 5.11 Å². The monoisotopic (exact) mass is 258 g/mol. The minimum Gasteiger partial charge on any atom is -0.389 e. The summed E-state index contributed by atoms with van der Waals surface area (Å²) in [6.07, 6.45) is 6.82. The van der Waals surface area contributed by atoms with Crippen molar-refractivity contribution in [2.24, 2.45) is 17.3 Å². The van der Waals surface area contributed by atoms with Crippen LogP contribution in [0.2, 0.25) is 0 Å². The van der Waals surface area contributed by atoms with Gasteiger partial charge in [0, 0.05) is 0 Å². The summed E-state index contributed by atoms with van der Waals surface area (Å²) in [6.45, 7) is 4.65. The first kappa shape index (κ1) is 13.2. The Kier molecular flexibility index (Phi) is 3.21. The molecule has 1 aromatic rings. The lowest BCUT2D eigenvalue weighted by atomic mass is 9.60. The molecule has 0 saturated heterocycles. The molecule has 2 saturated carbocycles. The normalized spacial score (nSPS) is 42.1. The summed E-state index contributed by atoms with van der Waals surface area (Å²) in [5.74, 6) is 1.33. The van der Waals surface area contributed by atoms with Crippen molar-refractivity contribution in [3.63, 3.8) is 0 Å². The van der Waals surface area contributed by atoms with E-state index in [0.717, 1.165) is 19.3 Å². The molecule has 4 atom stereocenters. The highest BCUT2D eigenvalue weighted by atomic mass is 16.3. The Morgan fingerprint density at radius 1 is 1.16 bits per heavy atom. The summed E-state index contributed by atoms with van der Waals surface area (Å²) >= 11 is 0. The van der Waals surface area contributed by atoms with Crippen LogP contribution in [0.1, 0.15) is 51.5 Å². The Bertz CT molecular complexity index is 440. The smallest absolute Gasteiger partial charge is 0.0706 e. The van der Waals surface area contributed by atoms with Crippen LogP contribution in [0.5, 0.6) is 0 Å². The molecule has 2 fully saturated rings. The summed E-state index contributed by atoms with van der Waals surface area (Å²) in [6, 6.07) is 10.8. The minimum atomic E-state index is -0.399. The van der Waals surface area contributed by atoms with Crippen molar-refractivity contribution in [1.29, 1.82) is 0 Å². The maximum Gasteiger partial charge on any atom is 0.0706 e. The SMILES string of the molecule is CC1CCC2(O)CC(Cc3ccccc3)CCC12C. The zero-order valence-corrected chi connectivity index (χ0v) is 12.2. The second kappa shape index (κ2) is 4.63. The Labute approximate surface area is 117 Å². The maximum absolute atomic E-state index is 11.1. The van der Waals surface area contributed by atoms with Crippen LogP contribution in [-0.2, 0) is 6.42 Å². The van der Waals surface area contributed by atoms with Crippen LogP contribution in [0.25, 0.3) is 0 Å². The van der Waals surface area contributed by atoms with E-state index in [9.17, 15) is 5.11 Å². The van der Waals surface area contributed by atoms with Gasteiger partial charge in [-0.3, -0.25) is 0 Å². The summed E-state index contributed by atoms with van der Waals surface area (Å²) in [5.41, 5.74) is 1.19. The highest BCUT2D eigenvalue weighted by molar-refractivity contribution is 5.17. The van der Waals surface area contributed by atoms with Crippen LogP contribution in [-0.4, -0.2) is 10.7 Å². The Balaban J connectivity index is 1.73. The Hall–Kier alpha value is -0.820. The average Bonchev–Trinajstić information content (AvgIpc) is 2.64. The van der Waals surface area contributed by atoms with Crippen molar-refractivity contribution in [3.8, 4) is 0 Å². The first-order valence-corrected chi connectivity index (χ1v) is 7.80. The molecule has 0 aromatic heterocycles. The van der Waals surface area contributed by atoms with Crippen LogP contribution in [0.15, 0.2) is 30.3 Å². The van der Waals surface area contributed by atoms with E-state index in [-0.39, 0.29) is 5.41 Å². The van der Waals surface area contributed by atoms with E-state index in [0.29, 0.717) is 11.8 Å². The molecule has 3 rings (SSSR count). The summed E-state index contributed by atoms with van der Waals surface area (Å²) in [7, 11) is 0. The molecule has 0 aliphatic heterocycles. The fraction of sp³-hybridized carbons (Fsp3) is 0.667. The van der Waals surface area contributed by atoms with E-state index < -0.39 is 5.60 Å². The van der Waals surface area contributed by atoms with Crippen LogP contribution >= 0.6 is 0 Å². The number of benzene rings is 1. The quantitative estimate of drug-likeness (QED) is 0.843. The largest absolute Gasteiger partial charge is 0.389 e. The van der Waals surface area contributed by atoms with Gasteiger partial charge in [-0.1, -0.05) is 44.2 Å². The number of aliphatic hydroxyl groups is 1. The van der Waals surface area contributed by atoms with Crippen molar-refractivity contribution in [2.75, 3.05) is 0 Å². The molecule has 0 spiro atoms. The van der Waals surface area contributed by atoms with Crippen molar-refractivity contribution in [1.82, 2.24) is 0 Å². The molecule has 0 bridgehead atoms. The molecule has 1 N–H and O–H groups in total. The van der Waals surface area contributed by atoms with Gasteiger partial charge in [0.15, 0.2) is 0 Å². The van der Waals surface area contributed by atoms with E-state index >= 15 is 0 Å². The number of rotatable bonds is 2. The fourth-order valence-corrected chi connectivity index (χ4v) is 4.54. The molecule has 0 radical (unpaired) electrons. The second-order valence-corrected chi connectivity index (χ2v) is 7.19. The lowest BCUT2D eigenvalue weighted by Crippen LogP contribution is -2.49. The molecule has 4 unspecified atom stereocenters. The van der Waals surface area contributed by atoms with E-state index in [1.165, 1.54) is 24.8 Å². The zero-order chi connectivity index (χ0) is 13.5. The lowest BCUT2D eigenvalue weighted by molar-refractivity contribution is -0.112. The average molecular weight is 258 g/mol. The molecule has 104 valence electrons. The molecule has 1 aromatic carbocycles. The third-order valence-corrected chi connectivity index (χ3v) is 6.21. The zero-order valence-electron chi connectivity index (χ0n) is 12.2. The molecular weight excluding hydrogens is 232 g/mol. The van der Waals surface area contributed by atoms with Gasteiger partial charge in [0.05, 0.1) is 5.60 Å². The second-order valence-electron chi connectivity index (χ2n) is 7.19. The summed E-state index contributed by atoms with van der Waals surface area (Å²) < 4.78 is 0. The summed E-state index contributed by atoms with van der Waals surface area (Å²) in [4.78, 5) is 0. The topological polar surface area (TPSA) is 20.2 Å². The number of hydrogen-bond acceptors (Lipinski definition) is 1. The van der Waals surface area contributed by atoms with Gasteiger partial charge in [0.25, 0.3) is 0 Å². The lowest BCUT2D eigenvalue weighted by Gasteiger charge is -2.49. The van der Waals surface area contributed by atoms with Crippen LogP contribution in [0, 0.1) is 17.3 Å². The van der Waals surface area contributed by atoms with Gasteiger partial charge in [-0.15, -0.1) is 0 Å².